The monoisotopic (exact) mass is 368 g/mol. The van der Waals surface area contributed by atoms with Crippen LogP contribution in [0, 0.1) is 6.92 Å². The molecule has 0 saturated heterocycles. The van der Waals surface area contributed by atoms with Crippen LogP contribution in [-0.4, -0.2) is 5.11 Å². The molecule has 1 unspecified atom stereocenters. The van der Waals surface area contributed by atoms with Gasteiger partial charge in [-0.1, -0.05) is 56.1 Å². The fourth-order valence-corrected chi connectivity index (χ4v) is 3.10. The average Bonchev–Trinajstić information content (AvgIpc) is 2.28. The zero-order valence-electron chi connectivity index (χ0n) is 10.0. The predicted molar refractivity (Wildman–Crippen MR) is 81.7 cm³/mol. The summed E-state index contributed by atoms with van der Waals surface area (Å²) < 4.78 is 2.00. The van der Waals surface area contributed by atoms with Crippen molar-refractivity contribution in [2.45, 2.75) is 19.4 Å². The predicted octanol–water partition coefficient (Wildman–Crippen LogP) is 4.80. The minimum Gasteiger partial charge on any atom is -0.388 e. The second-order valence-corrected chi connectivity index (χ2v) is 6.14. The molecule has 18 heavy (non-hydrogen) atoms. The molecule has 0 spiro atoms. The van der Waals surface area contributed by atoms with Crippen molar-refractivity contribution in [2.75, 3.05) is 0 Å². The van der Waals surface area contributed by atoms with E-state index in [-0.39, 0.29) is 0 Å². The smallest absolute Gasteiger partial charge is 0.0841 e. The molecule has 0 bridgehead atoms. The molecule has 0 saturated carbocycles. The van der Waals surface area contributed by atoms with Crippen LogP contribution >= 0.6 is 31.9 Å². The molecule has 94 valence electrons. The molecule has 0 aromatic heterocycles. The highest BCUT2D eigenvalue weighted by molar-refractivity contribution is 9.10. The third-order valence-corrected chi connectivity index (χ3v) is 4.01. The first kappa shape index (κ1) is 13.8. The van der Waals surface area contributed by atoms with Crippen molar-refractivity contribution in [2.24, 2.45) is 0 Å². The summed E-state index contributed by atoms with van der Waals surface area (Å²) in [5, 5.41) is 10.3. The van der Waals surface area contributed by atoms with Crippen LogP contribution in [0.3, 0.4) is 0 Å². The SMILES string of the molecule is Cc1ccc(C(O)Cc2cccc(Br)c2)c(Br)c1. The normalized spacial score (nSPS) is 12.4. The number of halogens is 2. The van der Waals surface area contributed by atoms with Crippen molar-refractivity contribution >= 4 is 31.9 Å². The number of hydrogen-bond acceptors (Lipinski definition) is 1. The quantitative estimate of drug-likeness (QED) is 0.824. The van der Waals surface area contributed by atoms with E-state index in [4.69, 9.17) is 0 Å². The van der Waals surface area contributed by atoms with Crippen molar-refractivity contribution < 1.29 is 5.11 Å². The summed E-state index contributed by atoms with van der Waals surface area (Å²) in [4.78, 5) is 0. The number of rotatable bonds is 3. The number of aryl methyl sites for hydroxylation is 1. The average molecular weight is 370 g/mol. The van der Waals surface area contributed by atoms with E-state index in [0.717, 1.165) is 20.1 Å². The first-order valence-electron chi connectivity index (χ1n) is 5.75. The van der Waals surface area contributed by atoms with Crippen LogP contribution in [0.5, 0.6) is 0 Å². The molecule has 3 heteroatoms. The van der Waals surface area contributed by atoms with E-state index >= 15 is 0 Å². The zero-order valence-corrected chi connectivity index (χ0v) is 13.2. The molecule has 0 heterocycles. The van der Waals surface area contributed by atoms with E-state index in [0.29, 0.717) is 6.42 Å². The Labute approximate surface area is 124 Å². The molecule has 1 N–H and O–H groups in total. The van der Waals surface area contributed by atoms with Crippen molar-refractivity contribution in [1.29, 1.82) is 0 Å². The highest BCUT2D eigenvalue weighted by atomic mass is 79.9. The van der Waals surface area contributed by atoms with Gasteiger partial charge in [-0.15, -0.1) is 0 Å². The molecule has 1 atom stereocenters. The van der Waals surface area contributed by atoms with Gasteiger partial charge in [-0.25, -0.2) is 0 Å². The second-order valence-electron chi connectivity index (χ2n) is 4.37. The van der Waals surface area contributed by atoms with Crippen LogP contribution in [0.2, 0.25) is 0 Å². The minimum atomic E-state index is -0.491. The van der Waals surface area contributed by atoms with Crippen molar-refractivity contribution in [3.8, 4) is 0 Å². The van der Waals surface area contributed by atoms with Gasteiger partial charge in [0.25, 0.3) is 0 Å². The van der Waals surface area contributed by atoms with Crippen molar-refractivity contribution in [1.82, 2.24) is 0 Å². The molecule has 0 aliphatic rings. The maximum absolute atomic E-state index is 10.3. The summed E-state index contributed by atoms with van der Waals surface area (Å²) >= 11 is 6.95. The Bertz CT molecular complexity index is 552. The number of aliphatic hydroxyl groups is 1. The van der Waals surface area contributed by atoms with Gasteiger partial charge in [0.05, 0.1) is 6.10 Å². The fraction of sp³-hybridized carbons (Fsp3) is 0.200. The first-order valence-corrected chi connectivity index (χ1v) is 7.33. The fourth-order valence-electron chi connectivity index (χ4n) is 1.90. The summed E-state index contributed by atoms with van der Waals surface area (Å²) in [6, 6.07) is 14.0. The molecule has 1 nitrogen and oxygen atoms in total. The molecule has 0 fully saturated rings. The van der Waals surface area contributed by atoms with Gasteiger partial charge < -0.3 is 5.11 Å². The lowest BCUT2D eigenvalue weighted by molar-refractivity contribution is 0.177. The Morgan fingerprint density at radius 1 is 1.11 bits per heavy atom. The molecule has 2 rings (SSSR count). The lowest BCUT2D eigenvalue weighted by Crippen LogP contribution is -2.03. The summed E-state index contributed by atoms with van der Waals surface area (Å²) in [6.07, 6.45) is 0.121. The standard InChI is InChI=1S/C15H14Br2O/c1-10-5-6-13(14(17)7-10)15(18)9-11-3-2-4-12(16)8-11/h2-8,15,18H,9H2,1H3. The van der Waals surface area contributed by atoms with E-state index < -0.39 is 6.10 Å². The maximum Gasteiger partial charge on any atom is 0.0841 e. The summed E-state index contributed by atoms with van der Waals surface area (Å²) in [7, 11) is 0. The first-order chi connectivity index (χ1) is 8.56. The largest absolute Gasteiger partial charge is 0.388 e. The van der Waals surface area contributed by atoms with E-state index in [2.05, 4.69) is 31.9 Å². The van der Waals surface area contributed by atoms with Crippen molar-refractivity contribution in [3.63, 3.8) is 0 Å². The minimum absolute atomic E-state index is 0.491. The van der Waals surface area contributed by atoms with E-state index in [9.17, 15) is 5.11 Å². The van der Waals surface area contributed by atoms with Crippen LogP contribution in [0.15, 0.2) is 51.4 Å². The van der Waals surface area contributed by atoms with Crippen LogP contribution in [0.4, 0.5) is 0 Å². The Hall–Kier alpha value is -0.640. The Morgan fingerprint density at radius 3 is 2.56 bits per heavy atom. The summed E-state index contributed by atoms with van der Waals surface area (Å²) in [5.41, 5.74) is 3.23. The molecule has 2 aromatic carbocycles. The molecule has 2 aromatic rings. The third-order valence-electron chi connectivity index (χ3n) is 2.83. The van der Waals surface area contributed by atoms with Crippen LogP contribution in [0.1, 0.15) is 22.8 Å². The van der Waals surface area contributed by atoms with Gasteiger partial charge in [-0.05, 0) is 41.8 Å². The second kappa shape index (κ2) is 6.00. The lowest BCUT2D eigenvalue weighted by Gasteiger charge is -2.13. The van der Waals surface area contributed by atoms with Crippen LogP contribution in [0.25, 0.3) is 0 Å². The Balaban J connectivity index is 2.19. The van der Waals surface area contributed by atoms with E-state index in [1.54, 1.807) is 0 Å². The van der Waals surface area contributed by atoms with Gasteiger partial charge in [0.15, 0.2) is 0 Å². The Kier molecular flexibility index (Phi) is 4.60. The Morgan fingerprint density at radius 2 is 1.89 bits per heavy atom. The lowest BCUT2D eigenvalue weighted by atomic mass is 10.0. The van der Waals surface area contributed by atoms with Gasteiger partial charge in [0.2, 0.25) is 0 Å². The highest BCUT2D eigenvalue weighted by Crippen LogP contribution is 2.27. The van der Waals surface area contributed by atoms with Gasteiger partial charge in [0.1, 0.15) is 0 Å². The number of hydrogen-bond donors (Lipinski definition) is 1. The number of aliphatic hydroxyl groups excluding tert-OH is 1. The van der Waals surface area contributed by atoms with Gasteiger partial charge in [-0.2, -0.15) is 0 Å². The van der Waals surface area contributed by atoms with E-state index in [1.165, 1.54) is 5.56 Å². The van der Waals surface area contributed by atoms with Gasteiger partial charge in [-0.3, -0.25) is 0 Å². The van der Waals surface area contributed by atoms with Crippen LogP contribution in [-0.2, 0) is 6.42 Å². The molecular formula is C15H14Br2O. The van der Waals surface area contributed by atoms with Crippen LogP contribution < -0.4 is 0 Å². The molecule has 0 aliphatic carbocycles. The van der Waals surface area contributed by atoms with Gasteiger partial charge in [0, 0.05) is 15.4 Å². The third kappa shape index (κ3) is 3.44. The summed E-state index contributed by atoms with van der Waals surface area (Å²) in [6.45, 7) is 2.04. The van der Waals surface area contributed by atoms with Gasteiger partial charge >= 0.3 is 0 Å². The molecule has 0 amide bonds. The highest BCUT2D eigenvalue weighted by Gasteiger charge is 2.12. The number of benzene rings is 2. The molecular weight excluding hydrogens is 356 g/mol. The topological polar surface area (TPSA) is 20.2 Å². The molecule has 0 radical (unpaired) electrons. The summed E-state index contributed by atoms with van der Waals surface area (Å²) in [5.74, 6) is 0. The zero-order chi connectivity index (χ0) is 13.1. The van der Waals surface area contributed by atoms with E-state index in [1.807, 2.05) is 49.4 Å². The molecule has 0 aliphatic heterocycles. The maximum atomic E-state index is 10.3. The van der Waals surface area contributed by atoms with Crippen molar-refractivity contribution in [3.05, 3.63) is 68.1 Å².